The summed E-state index contributed by atoms with van der Waals surface area (Å²) in [5, 5.41) is 0.546. The molecule has 1 aromatic heterocycles. The molecule has 0 unspecified atom stereocenters. The summed E-state index contributed by atoms with van der Waals surface area (Å²) in [6.07, 6.45) is -4.95. The Balaban J connectivity index is 2.18. The van der Waals surface area contributed by atoms with Crippen molar-refractivity contribution < 1.29 is 22.7 Å². The molecule has 4 nitrogen and oxygen atoms in total. The maximum atomic E-state index is 12.5. The zero-order chi connectivity index (χ0) is 17.9. The molecule has 24 heavy (non-hydrogen) atoms. The minimum Gasteiger partial charge on any atom is -0.473 e. The molecule has 0 aliphatic carbocycles. The van der Waals surface area contributed by atoms with Gasteiger partial charge in [0.05, 0.1) is 5.69 Å². The summed E-state index contributed by atoms with van der Waals surface area (Å²) in [5.41, 5.74) is 1.26. The van der Waals surface area contributed by atoms with Gasteiger partial charge in [0.1, 0.15) is 6.61 Å². The number of ether oxygens (including phenoxy) is 1. The second-order valence-corrected chi connectivity index (χ2v) is 5.52. The van der Waals surface area contributed by atoms with E-state index >= 15 is 0 Å². The number of carbonyl (C=O) groups excluding carboxylic acids is 1. The second kappa shape index (κ2) is 7.09. The zero-order valence-corrected chi connectivity index (χ0v) is 13.6. The van der Waals surface area contributed by atoms with E-state index in [1.807, 2.05) is 0 Å². The summed E-state index contributed by atoms with van der Waals surface area (Å²) in [5.74, 6) is -1.85. The number of aryl methyl sites for hydroxylation is 1. The molecule has 2 aromatic rings. The van der Waals surface area contributed by atoms with E-state index in [0.717, 1.165) is 12.6 Å². The average Bonchev–Trinajstić information content (AvgIpc) is 2.50. The number of pyridine rings is 1. The van der Waals surface area contributed by atoms with Gasteiger partial charge in [0.2, 0.25) is 5.88 Å². The first-order valence-corrected chi connectivity index (χ1v) is 7.25. The minimum absolute atomic E-state index is 0.0471. The van der Waals surface area contributed by atoms with Crippen LogP contribution in [0.3, 0.4) is 0 Å². The second-order valence-electron chi connectivity index (χ2n) is 5.09. The van der Waals surface area contributed by atoms with Crippen LogP contribution in [0.4, 0.5) is 18.9 Å². The van der Waals surface area contributed by atoms with Gasteiger partial charge in [-0.15, -0.1) is 0 Å². The van der Waals surface area contributed by atoms with Crippen LogP contribution in [-0.2, 0) is 11.4 Å². The van der Waals surface area contributed by atoms with Crippen LogP contribution in [0.25, 0.3) is 0 Å². The van der Waals surface area contributed by atoms with Crippen molar-refractivity contribution in [2.24, 2.45) is 0 Å². The van der Waals surface area contributed by atoms with Crippen LogP contribution in [0, 0.1) is 6.92 Å². The van der Waals surface area contributed by atoms with E-state index in [-0.39, 0.29) is 18.2 Å². The number of hydrogen-bond donors (Lipinski definition) is 0. The summed E-state index contributed by atoms with van der Waals surface area (Å²) >= 11 is 5.87. The fourth-order valence-corrected chi connectivity index (χ4v) is 2.19. The number of halogens is 4. The molecule has 2 rings (SSSR count). The van der Waals surface area contributed by atoms with E-state index in [2.05, 4.69) is 4.98 Å². The predicted molar refractivity (Wildman–Crippen MR) is 84.2 cm³/mol. The molecule has 0 radical (unpaired) electrons. The Morgan fingerprint density at radius 2 is 2.00 bits per heavy atom. The third-order valence-electron chi connectivity index (χ3n) is 3.12. The molecule has 0 saturated heterocycles. The molecule has 8 heteroatoms. The smallest absolute Gasteiger partial charge is 0.471 e. The number of benzene rings is 1. The minimum atomic E-state index is -4.95. The molecule has 0 fully saturated rings. The molecule has 0 spiro atoms. The van der Waals surface area contributed by atoms with Crippen LogP contribution in [0.15, 0.2) is 36.4 Å². The monoisotopic (exact) mass is 358 g/mol. The highest BCUT2D eigenvalue weighted by Gasteiger charge is 2.41. The van der Waals surface area contributed by atoms with Gasteiger partial charge in [0.25, 0.3) is 0 Å². The van der Waals surface area contributed by atoms with E-state index in [0.29, 0.717) is 15.6 Å². The fourth-order valence-electron chi connectivity index (χ4n) is 1.98. The van der Waals surface area contributed by atoms with Crippen molar-refractivity contribution in [2.75, 3.05) is 11.9 Å². The quantitative estimate of drug-likeness (QED) is 0.824. The molecule has 0 atom stereocenters. The van der Waals surface area contributed by atoms with Crippen molar-refractivity contribution in [3.63, 3.8) is 0 Å². The molecule has 128 valence electrons. The van der Waals surface area contributed by atoms with Crippen molar-refractivity contribution in [3.05, 3.63) is 52.7 Å². The Bertz CT molecular complexity index is 750. The van der Waals surface area contributed by atoms with Crippen molar-refractivity contribution in [3.8, 4) is 5.88 Å². The van der Waals surface area contributed by atoms with Crippen LogP contribution in [0.1, 0.15) is 11.3 Å². The van der Waals surface area contributed by atoms with Gasteiger partial charge >= 0.3 is 12.1 Å². The van der Waals surface area contributed by atoms with Gasteiger partial charge < -0.3 is 9.64 Å². The van der Waals surface area contributed by atoms with E-state index in [4.69, 9.17) is 16.3 Å². The standard InChI is InChI=1S/C16H14ClF3N2O2/c1-10-6-13(22(2)15(23)16(18,19)20)8-14(21-10)24-9-11-4-3-5-12(17)7-11/h3-8H,9H2,1-2H3. The average molecular weight is 359 g/mol. The normalized spacial score (nSPS) is 11.2. The van der Waals surface area contributed by atoms with Crippen LogP contribution in [0.5, 0.6) is 5.88 Å². The summed E-state index contributed by atoms with van der Waals surface area (Å²) in [6, 6.07) is 9.62. The number of hydrogen-bond acceptors (Lipinski definition) is 3. The molecule has 0 saturated carbocycles. The number of amides is 1. The van der Waals surface area contributed by atoms with E-state index in [9.17, 15) is 18.0 Å². The van der Waals surface area contributed by atoms with Gasteiger partial charge in [-0.2, -0.15) is 13.2 Å². The van der Waals surface area contributed by atoms with Gasteiger partial charge in [-0.25, -0.2) is 4.98 Å². The molecule has 1 aromatic carbocycles. The Morgan fingerprint density at radius 3 is 2.62 bits per heavy atom. The Kier molecular flexibility index (Phi) is 5.33. The molecule has 0 bridgehead atoms. The predicted octanol–water partition coefficient (Wildman–Crippen LogP) is 4.15. The lowest BCUT2D eigenvalue weighted by Gasteiger charge is -2.19. The summed E-state index contributed by atoms with van der Waals surface area (Å²) < 4.78 is 43.1. The number of alkyl halides is 3. The van der Waals surface area contributed by atoms with Gasteiger partial charge in [-0.3, -0.25) is 4.79 Å². The van der Waals surface area contributed by atoms with E-state index in [1.165, 1.54) is 12.1 Å². The largest absolute Gasteiger partial charge is 0.473 e. The first-order valence-electron chi connectivity index (χ1n) is 6.87. The number of nitrogens with zero attached hydrogens (tertiary/aromatic N) is 2. The highest BCUT2D eigenvalue weighted by atomic mass is 35.5. The Labute approximate surface area is 141 Å². The topological polar surface area (TPSA) is 42.4 Å². The Morgan fingerprint density at radius 1 is 1.29 bits per heavy atom. The summed E-state index contributed by atoms with van der Waals surface area (Å²) in [4.78, 5) is 15.9. The van der Waals surface area contributed by atoms with Crippen molar-refractivity contribution in [1.29, 1.82) is 0 Å². The summed E-state index contributed by atoms with van der Waals surface area (Å²) in [7, 11) is 1.05. The third kappa shape index (κ3) is 4.61. The lowest BCUT2D eigenvalue weighted by atomic mass is 10.2. The fraction of sp³-hybridized carbons (Fsp3) is 0.250. The lowest BCUT2D eigenvalue weighted by molar-refractivity contribution is -0.170. The molecule has 1 heterocycles. The molecule has 0 N–H and O–H groups in total. The number of aromatic nitrogens is 1. The number of anilines is 1. The van der Waals surface area contributed by atoms with Crippen molar-refractivity contribution in [2.45, 2.75) is 19.7 Å². The highest BCUT2D eigenvalue weighted by molar-refractivity contribution is 6.30. The van der Waals surface area contributed by atoms with Crippen LogP contribution in [0.2, 0.25) is 5.02 Å². The third-order valence-corrected chi connectivity index (χ3v) is 3.36. The van der Waals surface area contributed by atoms with E-state index < -0.39 is 12.1 Å². The molecule has 0 aliphatic rings. The number of carbonyl (C=O) groups is 1. The van der Waals surface area contributed by atoms with Gasteiger partial charge in [-0.05, 0) is 30.7 Å². The lowest BCUT2D eigenvalue weighted by Crippen LogP contribution is -2.38. The molecular formula is C16H14ClF3N2O2. The first-order chi connectivity index (χ1) is 11.2. The van der Waals surface area contributed by atoms with Crippen molar-refractivity contribution >= 4 is 23.2 Å². The van der Waals surface area contributed by atoms with Gasteiger partial charge in [-0.1, -0.05) is 23.7 Å². The maximum Gasteiger partial charge on any atom is 0.471 e. The molecular weight excluding hydrogens is 345 g/mol. The first kappa shape index (κ1) is 18.1. The zero-order valence-electron chi connectivity index (χ0n) is 12.9. The van der Waals surface area contributed by atoms with Crippen molar-refractivity contribution in [1.82, 2.24) is 4.98 Å². The van der Waals surface area contributed by atoms with Crippen LogP contribution in [-0.4, -0.2) is 24.1 Å². The molecule has 1 amide bonds. The SMILES string of the molecule is Cc1cc(N(C)C(=O)C(F)(F)F)cc(OCc2cccc(Cl)c2)n1. The van der Waals surface area contributed by atoms with Gasteiger partial charge in [0, 0.05) is 23.8 Å². The summed E-state index contributed by atoms with van der Waals surface area (Å²) in [6.45, 7) is 1.75. The van der Waals surface area contributed by atoms with E-state index in [1.54, 1.807) is 31.2 Å². The molecule has 0 aliphatic heterocycles. The Hall–Kier alpha value is -2.28. The number of rotatable bonds is 4. The van der Waals surface area contributed by atoms with Crippen LogP contribution >= 0.6 is 11.6 Å². The van der Waals surface area contributed by atoms with Gasteiger partial charge in [0.15, 0.2) is 0 Å². The van der Waals surface area contributed by atoms with Crippen LogP contribution < -0.4 is 9.64 Å². The maximum absolute atomic E-state index is 12.5. The highest BCUT2D eigenvalue weighted by Crippen LogP contribution is 2.26.